The second-order valence-electron chi connectivity index (χ2n) is 8.98. The second kappa shape index (κ2) is 8.46. The van der Waals surface area contributed by atoms with Gasteiger partial charge in [-0.1, -0.05) is 19.3 Å². The molecule has 2 unspecified atom stereocenters. The van der Waals surface area contributed by atoms with Crippen LogP contribution < -0.4 is 10.6 Å². The third-order valence-corrected chi connectivity index (χ3v) is 9.31. The van der Waals surface area contributed by atoms with Gasteiger partial charge in [0.2, 0.25) is 17.7 Å². The minimum absolute atomic E-state index is 0.0394. The number of amides is 3. The number of rotatable bonds is 7. The van der Waals surface area contributed by atoms with Gasteiger partial charge in [0.05, 0.1) is 16.6 Å². The van der Waals surface area contributed by atoms with Crippen LogP contribution in [0, 0.1) is 11.8 Å². The molecule has 2 bridgehead atoms. The molecule has 29 heavy (non-hydrogen) atoms. The lowest BCUT2D eigenvalue weighted by Crippen LogP contribution is -2.55. The van der Waals surface area contributed by atoms with E-state index < -0.39 is 16.7 Å². The molecule has 0 radical (unpaired) electrons. The number of likely N-dealkylation sites (tertiary alicyclic amines) is 1. The van der Waals surface area contributed by atoms with E-state index in [0.29, 0.717) is 19.4 Å². The smallest absolute Gasteiger partial charge is 0.244 e. The summed E-state index contributed by atoms with van der Waals surface area (Å²) in [5.41, 5.74) is 0. The number of carbonyl (C=O) groups is 3. The third kappa shape index (κ3) is 3.46. The standard InChI is InChI=1S/C21H33N3O4S/c1-22-18(26)15-14-9-10-21(29-14)16(15)20(28)24(11-5-6-12-25)17(21)19(27)23-13-7-3-2-4-8-13/h13-17,25H,2-12H2,1H3,(H,22,26)(H,23,27)/t14-,15+,16-,17?,21?/m0/s1. The van der Waals surface area contributed by atoms with Crippen LogP contribution in [-0.2, 0) is 14.4 Å². The SMILES string of the molecule is CNC(=O)[C@@H]1[C@@H]2CCC3(S2)C(C(=O)NC2CCCCC2)N(CCCCO)C(=O)[C@H]13. The minimum atomic E-state index is -0.509. The predicted octanol–water partition coefficient (Wildman–Crippen LogP) is 1.04. The highest BCUT2D eigenvalue weighted by atomic mass is 32.2. The van der Waals surface area contributed by atoms with E-state index in [9.17, 15) is 14.4 Å². The monoisotopic (exact) mass is 423 g/mol. The number of unbranched alkanes of at least 4 members (excludes halogenated alkanes) is 1. The van der Waals surface area contributed by atoms with Crippen LogP contribution in [0.1, 0.15) is 57.8 Å². The maximum absolute atomic E-state index is 13.5. The normalized spacial score (nSPS) is 36.3. The highest BCUT2D eigenvalue weighted by Crippen LogP contribution is 2.66. The number of carbonyl (C=O) groups excluding carboxylic acids is 3. The van der Waals surface area contributed by atoms with Gasteiger partial charge in [-0.05, 0) is 38.5 Å². The van der Waals surface area contributed by atoms with Gasteiger partial charge < -0.3 is 20.6 Å². The molecule has 0 aromatic rings. The Bertz CT molecular complexity index is 668. The lowest BCUT2D eigenvalue weighted by atomic mass is 9.70. The van der Waals surface area contributed by atoms with Gasteiger partial charge in [0.25, 0.3) is 0 Å². The van der Waals surface area contributed by atoms with Crippen LogP contribution >= 0.6 is 11.8 Å². The Morgan fingerprint density at radius 1 is 1.17 bits per heavy atom. The average Bonchev–Trinajstić information content (AvgIpc) is 3.36. The van der Waals surface area contributed by atoms with Crippen molar-refractivity contribution in [3.63, 3.8) is 0 Å². The maximum atomic E-state index is 13.5. The lowest BCUT2D eigenvalue weighted by Gasteiger charge is -2.35. The molecule has 3 amide bonds. The topological polar surface area (TPSA) is 98.7 Å². The minimum Gasteiger partial charge on any atom is -0.396 e. The quantitative estimate of drug-likeness (QED) is 0.532. The van der Waals surface area contributed by atoms with E-state index >= 15 is 0 Å². The Balaban J connectivity index is 1.61. The molecular weight excluding hydrogens is 390 g/mol. The van der Waals surface area contributed by atoms with E-state index in [1.165, 1.54) is 6.42 Å². The van der Waals surface area contributed by atoms with Crippen LogP contribution in [0.3, 0.4) is 0 Å². The van der Waals surface area contributed by atoms with Gasteiger partial charge >= 0.3 is 0 Å². The molecule has 0 aromatic carbocycles. The number of hydrogen-bond acceptors (Lipinski definition) is 5. The number of thioether (sulfide) groups is 1. The van der Waals surface area contributed by atoms with E-state index in [1.807, 2.05) is 0 Å². The van der Waals surface area contributed by atoms with Crippen LogP contribution in [0.15, 0.2) is 0 Å². The number of fused-ring (bicyclic) bond motifs is 1. The van der Waals surface area contributed by atoms with Crippen LogP contribution in [0.5, 0.6) is 0 Å². The molecule has 3 saturated heterocycles. The van der Waals surface area contributed by atoms with Crippen molar-refractivity contribution >= 4 is 29.5 Å². The fourth-order valence-corrected chi connectivity index (χ4v) is 8.30. The molecule has 4 rings (SSSR count). The van der Waals surface area contributed by atoms with Crippen LogP contribution in [0.2, 0.25) is 0 Å². The second-order valence-corrected chi connectivity index (χ2v) is 10.6. The fourth-order valence-electron chi connectivity index (χ4n) is 6.08. The summed E-state index contributed by atoms with van der Waals surface area (Å²) in [5, 5.41) is 15.3. The molecule has 5 atom stereocenters. The van der Waals surface area contributed by atoms with E-state index in [2.05, 4.69) is 10.6 Å². The number of aliphatic hydroxyl groups excluding tert-OH is 1. The van der Waals surface area contributed by atoms with Gasteiger partial charge in [-0.3, -0.25) is 14.4 Å². The molecule has 1 aliphatic carbocycles. The van der Waals surface area contributed by atoms with Crippen molar-refractivity contribution in [1.29, 1.82) is 0 Å². The molecule has 3 aliphatic heterocycles. The first kappa shape index (κ1) is 21.0. The van der Waals surface area contributed by atoms with Gasteiger partial charge in [0.15, 0.2) is 0 Å². The zero-order chi connectivity index (χ0) is 20.6. The summed E-state index contributed by atoms with van der Waals surface area (Å²) < 4.78 is -0.489. The number of hydrogen-bond donors (Lipinski definition) is 3. The lowest BCUT2D eigenvalue weighted by molar-refractivity contribution is -0.140. The Morgan fingerprint density at radius 3 is 2.62 bits per heavy atom. The number of nitrogens with one attached hydrogen (secondary N) is 2. The third-order valence-electron chi connectivity index (χ3n) is 7.36. The summed E-state index contributed by atoms with van der Waals surface area (Å²) in [4.78, 5) is 41.4. The summed E-state index contributed by atoms with van der Waals surface area (Å²) in [6, 6.07) is -0.315. The van der Waals surface area contributed by atoms with Crippen molar-refractivity contribution in [1.82, 2.24) is 15.5 Å². The van der Waals surface area contributed by atoms with Gasteiger partial charge in [-0.2, -0.15) is 0 Å². The van der Waals surface area contributed by atoms with Crippen molar-refractivity contribution in [2.75, 3.05) is 20.2 Å². The van der Waals surface area contributed by atoms with Gasteiger partial charge in [0, 0.05) is 31.5 Å². The Labute approximate surface area is 176 Å². The van der Waals surface area contributed by atoms with Crippen molar-refractivity contribution in [2.45, 2.75) is 79.9 Å². The van der Waals surface area contributed by atoms with Crippen LogP contribution in [0.25, 0.3) is 0 Å². The highest BCUT2D eigenvalue weighted by molar-refractivity contribution is 8.02. The molecule has 7 nitrogen and oxygen atoms in total. The summed E-state index contributed by atoms with van der Waals surface area (Å²) in [7, 11) is 1.62. The maximum Gasteiger partial charge on any atom is 0.244 e. The largest absolute Gasteiger partial charge is 0.396 e. The van der Waals surface area contributed by atoms with E-state index in [1.54, 1.807) is 23.7 Å². The van der Waals surface area contributed by atoms with E-state index in [4.69, 9.17) is 5.11 Å². The zero-order valence-corrected chi connectivity index (χ0v) is 18.0. The molecule has 4 fully saturated rings. The van der Waals surface area contributed by atoms with Crippen LogP contribution in [-0.4, -0.2) is 70.0 Å². The number of nitrogens with zero attached hydrogens (tertiary/aromatic N) is 1. The van der Waals surface area contributed by atoms with Crippen molar-refractivity contribution in [3.8, 4) is 0 Å². The first-order valence-electron chi connectivity index (χ1n) is 11.1. The van der Waals surface area contributed by atoms with Crippen molar-refractivity contribution in [3.05, 3.63) is 0 Å². The van der Waals surface area contributed by atoms with Crippen LogP contribution in [0.4, 0.5) is 0 Å². The molecule has 162 valence electrons. The van der Waals surface area contributed by atoms with Gasteiger partial charge in [-0.25, -0.2) is 0 Å². The van der Waals surface area contributed by atoms with Crippen molar-refractivity contribution < 1.29 is 19.5 Å². The van der Waals surface area contributed by atoms with E-state index in [0.717, 1.165) is 38.5 Å². The molecule has 0 aromatic heterocycles. The predicted molar refractivity (Wildman–Crippen MR) is 111 cm³/mol. The average molecular weight is 424 g/mol. The van der Waals surface area contributed by atoms with Crippen molar-refractivity contribution in [2.24, 2.45) is 11.8 Å². The Morgan fingerprint density at radius 2 is 1.93 bits per heavy atom. The summed E-state index contributed by atoms with van der Waals surface area (Å²) in [6.07, 6.45) is 8.46. The summed E-state index contributed by atoms with van der Waals surface area (Å²) in [6.45, 7) is 0.541. The zero-order valence-electron chi connectivity index (χ0n) is 17.2. The molecule has 4 aliphatic rings. The first-order chi connectivity index (χ1) is 14.0. The Hall–Kier alpha value is -1.28. The van der Waals surface area contributed by atoms with Gasteiger partial charge in [-0.15, -0.1) is 11.8 Å². The fraction of sp³-hybridized carbons (Fsp3) is 0.857. The molecule has 3 N–H and O–H groups in total. The molecular formula is C21H33N3O4S. The Kier molecular flexibility index (Phi) is 6.11. The first-order valence-corrected chi connectivity index (χ1v) is 12.0. The molecule has 8 heteroatoms. The molecule has 1 saturated carbocycles. The highest BCUT2D eigenvalue weighted by Gasteiger charge is 2.73. The summed E-state index contributed by atoms with van der Waals surface area (Å²) >= 11 is 1.71. The van der Waals surface area contributed by atoms with Gasteiger partial charge in [0.1, 0.15) is 6.04 Å². The molecule has 1 spiro atoms. The van der Waals surface area contributed by atoms with E-state index in [-0.39, 0.29) is 41.5 Å². The molecule has 3 heterocycles. The summed E-state index contributed by atoms with van der Waals surface area (Å²) in [5.74, 6) is -0.926. The number of aliphatic hydroxyl groups is 1.